The summed E-state index contributed by atoms with van der Waals surface area (Å²) in [5.74, 6) is 0.718. The molecule has 1 aliphatic heterocycles. The molecule has 0 aliphatic carbocycles. The first-order valence-corrected chi connectivity index (χ1v) is 8.61. The first kappa shape index (κ1) is 15.0. The number of rotatable bonds is 3. The summed E-state index contributed by atoms with van der Waals surface area (Å²) in [5, 5.41) is 1.86. The molecule has 3 aromatic rings. The summed E-state index contributed by atoms with van der Waals surface area (Å²) in [6.45, 7) is 4.31. The molecule has 0 saturated carbocycles. The van der Waals surface area contributed by atoms with E-state index in [2.05, 4.69) is 22.0 Å². The van der Waals surface area contributed by atoms with E-state index in [4.69, 9.17) is 9.72 Å². The molecule has 5 nitrogen and oxygen atoms in total. The zero-order valence-electron chi connectivity index (χ0n) is 13.8. The molecule has 4 rings (SSSR count). The van der Waals surface area contributed by atoms with Crippen molar-refractivity contribution in [2.75, 3.05) is 24.6 Å². The van der Waals surface area contributed by atoms with Crippen LogP contribution in [0.5, 0.6) is 0 Å². The molecule has 0 unspecified atom stereocenters. The number of ether oxygens (including phenoxy) is 1. The molecule has 1 aliphatic rings. The molecule has 5 heteroatoms. The van der Waals surface area contributed by atoms with Crippen molar-refractivity contribution in [2.45, 2.75) is 26.2 Å². The Morgan fingerprint density at radius 3 is 2.83 bits per heavy atom. The summed E-state index contributed by atoms with van der Waals surface area (Å²) in [7, 11) is 0. The molecule has 0 radical (unpaired) electrons. The number of carbonyl (C=O) groups is 1. The summed E-state index contributed by atoms with van der Waals surface area (Å²) in [5.41, 5.74) is 2.33. The van der Waals surface area contributed by atoms with Crippen LogP contribution in [-0.2, 0) is 4.74 Å². The predicted molar refractivity (Wildman–Crippen MR) is 95.6 cm³/mol. The minimum absolute atomic E-state index is 0.288. The van der Waals surface area contributed by atoms with Crippen molar-refractivity contribution < 1.29 is 9.53 Å². The van der Waals surface area contributed by atoms with Gasteiger partial charge in [-0.2, -0.15) is 0 Å². The zero-order valence-corrected chi connectivity index (χ0v) is 13.8. The van der Waals surface area contributed by atoms with Crippen LogP contribution in [0.1, 0.15) is 36.5 Å². The topological polar surface area (TPSA) is 58.2 Å². The van der Waals surface area contributed by atoms with E-state index in [1.54, 1.807) is 0 Å². The monoisotopic (exact) mass is 323 g/mol. The Kier molecular flexibility index (Phi) is 3.84. The van der Waals surface area contributed by atoms with Gasteiger partial charge < -0.3 is 14.6 Å². The number of nitrogens with one attached hydrogen (secondary N) is 1. The van der Waals surface area contributed by atoms with Gasteiger partial charge in [-0.15, -0.1) is 0 Å². The average molecular weight is 323 g/mol. The molecule has 1 N–H and O–H groups in total. The van der Waals surface area contributed by atoms with Crippen molar-refractivity contribution in [3.63, 3.8) is 0 Å². The zero-order chi connectivity index (χ0) is 16.5. The van der Waals surface area contributed by atoms with E-state index in [0.29, 0.717) is 12.2 Å². The van der Waals surface area contributed by atoms with Gasteiger partial charge in [0.2, 0.25) is 0 Å². The second-order valence-corrected chi connectivity index (χ2v) is 6.19. The number of anilines is 1. The van der Waals surface area contributed by atoms with Crippen LogP contribution in [0.25, 0.3) is 21.9 Å². The number of H-pyrrole nitrogens is 1. The van der Waals surface area contributed by atoms with E-state index >= 15 is 0 Å². The highest BCUT2D eigenvalue weighted by molar-refractivity contribution is 6.15. The number of hydrogen-bond acceptors (Lipinski definition) is 4. The summed E-state index contributed by atoms with van der Waals surface area (Å²) < 4.78 is 5.19. The first-order chi connectivity index (χ1) is 11.8. The molecule has 24 heavy (non-hydrogen) atoms. The van der Waals surface area contributed by atoms with Gasteiger partial charge in [0.15, 0.2) is 0 Å². The van der Waals surface area contributed by atoms with E-state index in [1.807, 2.05) is 25.1 Å². The van der Waals surface area contributed by atoms with Crippen LogP contribution < -0.4 is 4.90 Å². The lowest BCUT2D eigenvalue weighted by Crippen LogP contribution is -2.30. The van der Waals surface area contributed by atoms with Crippen molar-refractivity contribution >= 4 is 33.7 Å². The van der Waals surface area contributed by atoms with E-state index in [1.165, 1.54) is 19.3 Å². The van der Waals surface area contributed by atoms with E-state index in [9.17, 15) is 4.79 Å². The lowest BCUT2D eigenvalue weighted by molar-refractivity contribution is 0.0529. The summed E-state index contributed by atoms with van der Waals surface area (Å²) >= 11 is 0. The lowest BCUT2D eigenvalue weighted by Gasteiger charge is -2.27. The van der Waals surface area contributed by atoms with Crippen LogP contribution in [-0.4, -0.2) is 35.6 Å². The van der Waals surface area contributed by atoms with Gasteiger partial charge in [-0.25, -0.2) is 9.78 Å². The maximum atomic E-state index is 12.2. The number of aromatic nitrogens is 2. The Hall–Kier alpha value is -2.56. The highest BCUT2D eigenvalue weighted by Crippen LogP contribution is 2.30. The Labute approximate surface area is 140 Å². The SMILES string of the molecule is CCOC(=O)c1cccc2[nH]c3nc(N4CCCCC4)ccc3c12. The number of fused-ring (bicyclic) bond motifs is 3. The van der Waals surface area contributed by atoms with Gasteiger partial charge in [0.25, 0.3) is 0 Å². The maximum absolute atomic E-state index is 12.2. The maximum Gasteiger partial charge on any atom is 0.338 e. The molecular formula is C19H21N3O2. The second-order valence-electron chi connectivity index (χ2n) is 6.19. The van der Waals surface area contributed by atoms with Crippen molar-refractivity contribution in [3.8, 4) is 0 Å². The first-order valence-electron chi connectivity index (χ1n) is 8.61. The minimum Gasteiger partial charge on any atom is -0.462 e. The van der Waals surface area contributed by atoms with Gasteiger partial charge in [-0.1, -0.05) is 6.07 Å². The fourth-order valence-electron chi connectivity index (χ4n) is 3.50. The van der Waals surface area contributed by atoms with Gasteiger partial charge in [0.1, 0.15) is 11.5 Å². The van der Waals surface area contributed by atoms with Gasteiger partial charge >= 0.3 is 5.97 Å². The molecular weight excluding hydrogens is 302 g/mol. The molecule has 0 atom stereocenters. The summed E-state index contributed by atoms with van der Waals surface area (Å²) in [4.78, 5) is 22.7. The largest absolute Gasteiger partial charge is 0.462 e. The molecule has 0 amide bonds. The average Bonchev–Trinajstić information content (AvgIpc) is 3.00. The standard InChI is InChI=1S/C19H21N3O2/c1-2-24-19(23)14-7-6-8-15-17(14)13-9-10-16(21-18(13)20-15)22-11-4-3-5-12-22/h6-10H,2-5,11-12H2,1H3,(H,20,21). The molecule has 3 heterocycles. The number of pyridine rings is 1. The van der Waals surface area contributed by atoms with E-state index in [-0.39, 0.29) is 5.97 Å². The van der Waals surface area contributed by atoms with Crippen LogP contribution in [0.3, 0.4) is 0 Å². The second kappa shape index (κ2) is 6.15. The van der Waals surface area contributed by atoms with E-state index in [0.717, 1.165) is 40.8 Å². The van der Waals surface area contributed by atoms with Crippen molar-refractivity contribution in [2.24, 2.45) is 0 Å². The third-order valence-electron chi connectivity index (χ3n) is 4.64. The molecule has 124 valence electrons. The quantitative estimate of drug-likeness (QED) is 0.743. The summed E-state index contributed by atoms with van der Waals surface area (Å²) in [6, 6.07) is 9.78. The van der Waals surface area contributed by atoms with Crippen LogP contribution in [0.4, 0.5) is 5.82 Å². The van der Waals surface area contributed by atoms with Crippen LogP contribution in [0.2, 0.25) is 0 Å². The number of aromatic amines is 1. The van der Waals surface area contributed by atoms with Gasteiger partial charge in [0.05, 0.1) is 12.2 Å². The molecule has 1 fully saturated rings. The normalized spacial score (nSPS) is 15.1. The van der Waals surface area contributed by atoms with Crippen LogP contribution in [0.15, 0.2) is 30.3 Å². The number of piperidine rings is 1. The highest BCUT2D eigenvalue weighted by Gasteiger charge is 2.18. The van der Waals surface area contributed by atoms with Gasteiger partial charge in [-0.05, 0) is 50.5 Å². The number of nitrogens with zero attached hydrogens (tertiary/aromatic N) is 2. The van der Waals surface area contributed by atoms with Crippen LogP contribution >= 0.6 is 0 Å². The predicted octanol–water partition coefficient (Wildman–Crippen LogP) is 3.88. The molecule has 0 spiro atoms. The smallest absolute Gasteiger partial charge is 0.338 e. The van der Waals surface area contributed by atoms with E-state index < -0.39 is 0 Å². The third kappa shape index (κ3) is 2.50. The molecule has 0 bridgehead atoms. The Balaban J connectivity index is 1.83. The number of benzene rings is 1. The van der Waals surface area contributed by atoms with Crippen molar-refractivity contribution in [1.29, 1.82) is 0 Å². The Bertz CT molecular complexity index is 894. The molecule has 2 aromatic heterocycles. The molecule has 1 aromatic carbocycles. The van der Waals surface area contributed by atoms with Crippen LogP contribution in [0, 0.1) is 0 Å². The minimum atomic E-state index is -0.288. The number of esters is 1. The number of carbonyl (C=O) groups excluding carboxylic acids is 1. The Morgan fingerprint density at radius 1 is 1.21 bits per heavy atom. The summed E-state index contributed by atoms with van der Waals surface area (Å²) in [6.07, 6.45) is 3.74. The number of hydrogen-bond donors (Lipinski definition) is 1. The van der Waals surface area contributed by atoms with Crippen molar-refractivity contribution in [1.82, 2.24) is 9.97 Å². The highest BCUT2D eigenvalue weighted by atomic mass is 16.5. The Morgan fingerprint density at radius 2 is 2.04 bits per heavy atom. The fourth-order valence-corrected chi connectivity index (χ4v) is 3.50. The molecule has 1 saturated heterocycles. The lowest BCUT2D eigenvalue weighted by atomic mass is 10.1. The van der Waals surface area contributed by atoms with Crippen molar-refractivity contribution in [3.05, 3.63) is 35.9 Å². The van der Waals surface area contributed by atoms with Gasteiger partial charge in [0, 0.05) is 29.4 Å². The third-order valence-corrected chi connectivity index (χ3v) is 4.64. The van der Waals surface area contributed by atoms with Gasteiger partial charge in [-0.3, -0.25) is 0 Å². The fraction of sp³-hybridized carbons (Fsp3) is 0.368.